The maximum Gasteiger partial charge on any atom is 0.339 e. The zero-order valence-electron chi connectivity index (χ0n) is 11.8. The predicted octanol–water partition coefficient (Wildman–Crippen LogP) is -0.479. The lowest BCUT2D eigenvalue weighted by Gasteiger charge is -2.27. The van der Waals surface area contributed by atoms with Gasteiger partial charge >= 0.3 is 5.97 Å². The minimum atomic E-state index is -0.995. The van der Waals surface area contributed by atoms with Crippen molar-refractivity contribution in [3.05, 3.63) is 17.5 Å². The van der Waals surface area contributed by atoms with E-state index < -0.39 is 11.6 Å². The van der Waals surface area contributed by atoms with Crippen molar-refractivity contribution in [2.75, 3.05) is 27.2 Å². The molecular weight excluding hydrogens is 248 g/mol. The zero-order chi connectivity index (χ0) is 14.6. The summed E-state index contributed by atoms with van der Waals surface area (Å²) in [6.07, 6.45) is 1.33. The summed E-state index contributed by atoms with van der Waals surface area (Å²) in [5, 5.41) is 26.1. The van der Waals surface area contributed by atoms with Gasteiger partial charge in [0.25, 0.3) is 0 Å². The highest BCUT2D eigenvalue weighted by Gasteiger charge is 2.21. The van der Waals surface area contributed by atoms with Crippen LogP contribution in [0, 0.1) is 0 Å². The van der Waals surface area contributed by atoms with Crippen molar-refractivity contribution >= 4 is 5.97 Å². The number of nitrogens with zero attached hydrogens (tertiary/aromatic N) is 3. The quantitative estimate of drug-likeness (QED) is 0.620. The minimum Gasteiger partial charge on any atom is -0.478 e. The summed E-state index contributed by atoms with van der Waals surface area (Å²) in [7, 11) is 5.47. The molecule has 3 N–H and O–H groups in total. The van der Waals surface area contributed by atoms with E-state index in [-0.39, 0.29) is 5.56 Å². The Kier molecular flexibility index (Phi) is 5.04. The van der Waals surface area contributed by atoms with Gasteiger partial charge < -0.3 is 20.4 Å². The Morgan fingerprint density at radius 3 is 2.74 bits per heavy atom. The number of nitrogens with one attached hydrogen (secondary N) is 1. The third kappa shape index (κ3) is 4.62. The molecule has 1 unspecified atom stereocenters. The lowest BCUT2D eigenvalue weighted by molar-refractivity contribution is 0.0334. The molecule has 0 saturated carbocycles. The second kappa shape index (κ2) is 6.14. The largest absolute Gasteiger partial charge is 0.478 e. The van der Waals surface area contributed by atoms with Gasteiger partial charge in [-0.15, -0.1) is 0 Å². The molecule has 0 aromatic carbocycles. The van der Waals surface area contributed by atoms with E-state index in [0.29, 0.717) is 25.3 Å². The summed E-state index contributed by atoms with van der Waals surface area (Å²) >= 11 is 0. The molecule has 0 aliphatic carbocycles. The number of rotatable bonds is 7. The lowest BCUT2D eigenvalue weighted by atomic mass is 10.1. The van der Waals surface area contributed by atoms with Crippen molar-refractivity contribution in [1.82, 2.24) is 20.0 Å². The number of carboxylic acids is 1. The van der Waals surface area contributed by atoms with Crippen LogP contribution in [-0.2, 0) is 13.6 Å². The maximum atomic E-state index is 11.0. The average molecular weight is 270 g/mol. The van der Waals surface area contributed by atoms with Gasteiger partial charge in [-0.05, 0) is 21.0 Å². The number of likely N-dealkylation sites (N-methyl/N-ethyl adjacent to an activating group) is 1. The van der Waals surface area contributed by atoms with Gasteiger partial charge in [0.15, 0.2) is 0 Å². The van der Waals surface area contributed by atoms with Crippen LogP contribution in [0.5, 0.6) is 0 Å². The van der Waals surface area contributed by atoms with Crippen LogP contribution in [0.4, 0.5) is 0 Å². The fraction of sp³-hybridized carbons (Fsp3) is 0.667. The molecule has 1 aromatic rings. The predicted molar refractivity (Wildman–Crippen MR) is 71.1 cm³/mol. The van der Waals surface area contributed by atoms with Gasteiger partial charge in [0, 0.05) is 26.7 Å². The Morgan fingerprint density at radius 2 is 2.21 bits per heavy atom. The van der Waals surface area contributed by atoms with Crippen LogP contribution in [-0.4, -0.2) is 63.6 Å². The summed E-state index contributed by atoms with van der Waals surface area (Å²) in [6, 6.07) is 0. The van der Waals surface area contributed by atoms with Crippen molar-refractivity contribution in [1.29, 1.82) is 0 Å². The second-order valence-corrected chi connectivity index (χ2v) is 5.27. The van der Waals surface area contributed by atoms with Gasteiger partial charge in [-0.3, -0.25) is 4.68 Å². The van der Waals surface area contributed by atoms with E-state index in [4.69, 9.17) is 5.11 Å². The zero-order valence-corrected chi connectivity index (χ0v) is 11.8. The summed E-state index contributed by atoms with van der Waals surface area (Å²) in [4.78, 5) is 12.9. The van der Waals surface area contributed by atoms with Crippen LogP contribution in [0.1, 0.15) is 23.0 Å². The average Bonchev–Trinajstić information content (AvgIpc) is 2.58. The summed E-state index contributed by atoms with van der Waals surface area (Å²) in [6.45, 7) is 2.98. The highest BCUT2D eigenvalue weighted by Crippen LogP contribution is 2.08. The molecule has 19 heavy (non-hydrogen) atoms. The number of aromatic carboxylic acids is 1. The van der Waals surface area contributed by atoms with E-state index in [2.05, 4.69) is 10.4 Å². The van der Waals surface area contributed by atoms with Gasteiger partial charge in [0.05, 0.1) is 17.5 Å². The Morgan fingerprint density at radius 1 is 1.58 bits per heavy atom. The third-order valence-corrected chi connectivity index (χ3v) is 2.75. The van der Waals surface area contributed by atoms with Crippen molar-refractivity contribution in [2.24, 2.45) is 7.05 Å². The first kappa shape index (κ1) is 15.6. The second-order valence-electron chi connectivity index (χ2n) is 5.27. The summed E-state index contributed by atoms with van der Waals surface area (Å²) in [5.74, 6) is -0.995. The minimum absolute atomic E-state index is 0.183. The van der Waals surface area contributed by atoms with E-state index in [9.17, 15) is 9.90 Å². The Bertz CT molecular complexity index is 440. The number of aliphatic hydroxyl groups is 1. The topological polar surface area (TPSA) is 90.6 Å². The lowest BCUT2D eigenvalue weighted by Crippen LogP contribution is -2.45. The Balaban J connectivity index is 2.58. The molecule has 1 heterocycles. The first-order valence-electron chi connectivity index (χ1n) is 6.05. The standard InChI is InChI=1S/C12H22N4O3/c1-12(19,8-15(2)3)7-13-6-10-9(11(17)18)5-14-16(10)4/h5,13,19H,6-8H2,1-4H3,(H,17,18). The fourth-order valence-electron chi connectivity index (χ4n) is 2.04. The van der Waals surface area contributed by atoms with E-state index in [1.165, 1.54) is 10.9 Å². The van der Waals surface area contributed by atoms with Crippen LogP contribution in [0.25, 0.3) is 0 Å². The molecular formula is C12H22N4O3. The van der Waals surface area contributed by atoms with Gasteiger partial charge in [0.2, 0.25) is 0 Å². The molecule has 0 fully saturated rings. The molecule has 7 nitrogen and oxygen atoms in total. The van der Waals surface area contributed by atoms with E-state index >= 15 is 0 Å². The van der Waals surface area contributed by atoms with E-state index in [1.54, 1.807) is 14.0 Å². The summed E-state index contributed by atoms with van der Waals surface area (Å²) < 4.78 is 1.52. The van der Waals surface area contributed by atoms with Crippen LogP contribution >= 0.6 is 0 Å². The van der Waals surface area contributed by atoms with Crippen LogP contribution < -0.4 is 5.32 Å². The monoisotopic (exact) mass is 270 g/mol. The smallest absolute Gasteiger partial charge is 0.339 e. The molecule has 0 aliphatic heterocycles. The first-order valence-corrected chi connectivity index (χ1v) is 6.05. The molecule has 0 bridgehead atoms. The normalized spacial score (nSPS) is 14.6. The third-order valence-electron chi connectivity index (χ3n) is 2.75. The first-order chi connectivity index (χ1) is 8.73. The molecule has 0 spiro atoms. The molecule has 108 valence electrons. The molecule has 0 aliphatic rings. The number of carboxylic acid groups (broad SMARTS) is 1. The Hall–Kier alpha value is -1.44. The molecule has 1 atom stereocenters. The van der Waals surface area contributed by atoms with Crippen LogP contribution in [0.2, 0.25) is 0 Å². The van der Waals surface area contributed by atoms with Gasteiger partial charge in [-0.1, -0.05) is 0 Å². The summed E-state index contributed by atoms with van der Waals surface area (Å²) in [5.41, 5.74) is -0.0960. The van der Waals surface area contributed by atoms with Gasteiger partial charge in [0.1, 0.15) is 5.56 Å². The molecule has 7 heteroatoms. The fourth-order valence-corrected chi connectivity index (χ4v) is 2.04. The SMILES string of the molecule is CN(C)CC(C)(O)CNCc1c(C(=O)O)cnn1C. The van der Waals surface area contributed by atoms with E-state index in [1.807, 2.05) is 19.0 Å². The Labute approximate surface area is 112 Å². The van der Waals surface area contributed by atoms with Crippen molar-refractivity contribution < 1.29 is 15.0 Å². The molecule has 0 radical (unpaired) electrons. The number of hydrogen-bond acceptors (Lipinski definition) is 5. The van der Waals surface area contributed by atoms with Crippen molar-refractivity contribution in [2.45, 2.75) is 19.1 Å². The van der Waals surface area contributed by atoms with Crippen molar-refractivity contribution in [3.8, 4) is 0 Å². The molecule has 1 aromatic heterocycles. The van der Waals surface area contributed by atoms with Crippen LogP contribution in [0.3, 0.4) is 0 Å². The number of hydrogen-bond donors (Lipinski definition) is 3. The number of aryl methyl sites for hydroxylation is 1. The molecule has 0 saturated heterocycles. The number of carbonyl (C=O) groups is 1. The van der Waals surface area contributed by atoms with Gasteiger partial charge in [-0.25, -0.2) is 4.79 Å². The maximum absolute atomic E-state index is 11.0. The molecule has 0 amide bonds. The van der Waals surface area contributed by atoms with Crippen molar-refractivity contribution in [3.63, 3.8) is 0 Å². The van der Waals surface area contributed by atoms with Gasteiger partial charge in [-0.2, -0.15) is 5.10 Å². The van der Waals surface area contributed by atoms with Crippen LogP contribution in [0.15, 0.2) is 6.20 Å². The number of aromatic nitrogens is 2. The highest BCUT2D eigenvalue weighted by atomic mass is 16.4. The van der Waals surface area contributed by atoms with E-state index in [0.717, 1.165) is 0 Å². The highest BCUT2D eigenvalue weighted by molar-refractivity contribution is 5.88. The molecule has 1 rings (SSSR count).